The summed E-state index contributed by atoms with van der Waals surface area (Å²) in [6.45, 7) is 1.44. The molecule has 0 aliphatic rings. The largest absolute Gasteiger partial charge is 0.304 e. The number of hydrogen-bond acceptors (Lipinski definition) is 1. The van der Waals surface area contributed by atoms with Crippen LogP contribution in [0.25, 0.3) is 0 Å². The van der Waals surface area contributed by atoms with E-state index >= 15 is 0 Å². The predicted octanol–water partition coefficient (Wildman–Crippen LogP) is 0.200. The molecule has 0 atom stereocenters. The van der Waals surface area contributed by atoms with Gasteiger partial charge in [-0.3, -0.25) is 0 Å². The van der Waals surface area contributed by atoms with Crippen molar-refractivity contribution in [2.75, 3.05) is 0 Å². The molecule has 0 aliphatic heterocycles. The molecule has 0 heterocycles. The first kappa shape index (κ1) is 16.5. The average molecular weight is 140 g/mol. The van der Waals surface area contributed by atoms with Gasteiger partial charge >= 0.3 is 0 Å². The van der Waals surface area contributed by atoms with Gasteiger partial charge in [-0.2, -0.15) is 0 Å². The molecule has 26 valence electrons. The van der Waals surface area contributed by atoms with Gasteiger partial charge in [-0.05, 0) is 6.92 Å². The molecule has 0 rings (SSSR count). The summed E-state index contributed by atoms with van der Waals surface area (Å²) < 4.78 is 0. The van der Waals surface area contributed by atoms with E-state index in [1.807, 2.05) is 0 Å². The molecule has 0 fully saturated rings. The Bertz CT molecular complexity index is 15.1. The molecule has 0 N–H and O–H groups in total. The summed E-state index contributed by atoms with van der Waals surface area (Å²) in [5.74, 6) is 0. The fraction of sp³-hybridized carbons (Fsp3) is 0.500. The van der Waals surface area contributed by atoms with Crippen LogP contribution in [-0.4, -0.2) is 6.29 Å². The molecule has 5 heavy (non-hydrogen) atoms. The Labute approximate surface area is 61.3 Å². The third kappa shape index (κ3) is 40.6. The van der Waals surface area contributed by atoms with Crippen molar-refractivity contribution in [1.29, 1.82) is 0 Å². The van der Waals surface area contributed by atoms with E-state index in [0.29, 0.717) is 0 Å². The molecule has 0 aliphatic carbocycles. The number of carbonyl (C=O) groups excluding carboxylic acids is 1. The standard InChI is InChI=1S/C2H4O.2Ti/c1-2-3;;/h2H,1H3;;. The normalized spacial score (nSPS) is 2.60. The van der Waals surface area contributed by atoms with Gasteiger partial charge in [-0.25, -0.2) is 0 Å². The first-order valence-electron chi connectivity index (χ1n) is 0.813. The molecule has 0 saturated carbocycles. The molecular formula is C2H4OTi2. The number of carbonyl (C=O) groups is 1. The number of hydrogen-bond donors (Lipinski definition) is 0. The Balaban J connectivity index is -0.0000000200. The Morgan fingerprint density at radius 1 is 1.40 bits per heavy atom. The molecule has 0 unspecified atom stereocenters. The predicted molar refractivity (Wildman–Crippen MR) is 11.7 cm³/mol. The van der Waals surface area contributed by atoms with Crippen molar-refractivity contribution < 1.29 is 48.2 Å². The Morgan fingerprint density at radius 2 is 1.40 bits per heavy atom. The molecule has 0 spiro atoms. The van der Waals surface area contributed by atoms with E-state index in [4.69, 9.17) is 4.79 Å². The molecule has 0 aromatic heterocycles. The van der Waals surface area contributed by atoms with Crippen LogP contribution in [0.5, 0.6) is 0 Å². The summed E-state index contributed by atoms with van der Waals surface area (Å²) in [6, 6.07) is 0. The van der Waals surface area contributed by atoms with E-state index in [2.05, 4.69) is 0 Å². The van der Waals surface area contributed by atoms with Gasteiger partial charge in [-0.1, -0.05) is 0 Å². The van der Waals surface area contributed by atoms with Gasteiger partial charge in [0, 0.05) is 43.4 Å². The summed E-state index contributed by atoms with van der Waals surface area (Å²) in [7, 11) is 0. The Kier molecular flexibility index (Phi) is 64.2. The molecule has 0 saturated heterocycles. The van der Waals surface area contributed by atoms with Crippen molar-refractivity contribution in [2.45, 2.75) is 6.92 Å². The molecule has 0 amide bonds. The van der Waals surface area contributed by atoms with Crippen molar-refractivity contribution >= 4 is 6.29 Å². The van der Waals surface area contributed by atoms with Crippen LogP contribution >= 0.6 is 0 Å². The second-order valence-corrected chi connectivity index (χ2v) is 0.236. The molecule has 1 nitrogen and oxygen atoms in total. The van der Waals surface area contributed by atoms with Gasteiger partial charge in [0.05, 0.1) is 0 Å². The minimum absolute atomic E-state index is 0. The second kappa shape index (κ2) is 19.4. The van der Waals surface area contributed by atoms with Crippen LogP contribution in [0.4, 0.5) is 0 Å². The third-order valence-corrected chi connectivity index (χ3v) is 0. The van der Waals surface area contributed by atoms with E-state index in [9.17, 15) is 0 Å². The number of rotatable bonds is 0. The minimum Gasteiger partial charge on any atom is -0.304 e. The number of aldehydes is 1. The molecule has 0 bridgehead atoms. The quantitative estimate of drug-likeness (QED) is 0.346. The topological polar surface area (TPSA) is 17.1 Å². The van der Waals surface area contributed by atoms with Crippen molar-refractivity contribution in [3.8, 4) is 0 Å². The zero-order chi connectivity index (χ0) is 2.71. The van der Waals surface area contributed by atoms with Gasteiger partial charge in [0.1, 0.15) is 6.29 Å². The maximum Gasteiger partial charge on any atom is 0.116 e. The summed E-state index contributed by atoms with van der Waals surface area (Å²) in [5, 5.41) is 0. The first-order valence-corrected chi connectivity index (χ1v) is 0.813. The Hall–Kier alpha value is 1.10. The van der Waals surface area contributed by atoms with Crippen LogP contribution in [0.2, 0.25) is 0 Å². The maximum absolute atomic E-state index is 8.81. The van der Waals surface area contributed by atoms with Gasteiger partial charge in [0.2, 0.25) is 0 Å². The summed E-state index contributed by atoms with van der Waals surface area (Å²) >= 11 is 0. The fourth-order valence-corrected chi connectivity index (χ4v) is 0. The van der Waals surface area contributed by atoms with Gasteiger partial charge in [0.15, 0.2) is 0 Å². The van der Waals surface area contributed by atoms with Gasteiger partial charge in [-0.15, -0.1) is 0 Å². The van der Waals surface area contributed by atoms with Gasteiger partial charge in [0.25, 0.3) is 0 Å². The van der Waals surface area contributed by atoms with E-state index in [-0.39, 0.29) is 43.4 Å². The SMILES string of the molecule is CC=O.[Ti].[Ti]. The Morgan fingerprint density at radius 3 is 1.40 bits per heavy atom. The molecule has 3 heteroatoms. The van der Waals surface area contributed by atoms with Crippen molar-refractivity contribution in [3.05, 3.63) is 0 Å². The minimum atomic E-state index is 0. The molecule has 0 aromatic carbocycles. The van der Waals surface area contributed by atoms with Crippen molar-refractivity contribution in [3.63, 3.8) is 0 Å². The second-order valence-electron chi connectivity index (χ2n) is 0.236. The fourth-order valence-electron chi connectivity index (χ4n) is 0. The summed E-state index contributed by atoms with van der Waals surface area (Å²) in [5.41, 5.74) is 0. The zero-order valence-electron chi connectivity index (χ0n) is 2.99. The first-order chi connectivity index (χ1) is 1.41. The zero-order valence-corrected chi connectivity index (χ0v) is 6.11. The van der Waals surface area contributed by atoms with E-state index in [1.54, 1.807) is 0 Å². The van der Waals surface area contributed by atoms with Crippen molar-refractivity contribution in [2.24, 2.45) is 0 Å². The van der Waals surface area contributed by atoms with Gasteiger partial charge < -0.3 is 4.79 Å². The third-order valence-electron chi connectivity index (χ3n) is 0. The van der Waals surface area contributed by atoms with E-state index in [0.717, 1.165) is 6.29 Å². The maximum atomic E-state index is 8.81. The van der Waals surface area contributed by atoms with Crippen LogP contribution in [-0.2, 0) is 48.2 Å². The van der Waals surface area contributed by atoms with E-state index < -0.39 is 0 Å². The monoisotopic (exact) mass is 140 g/mol. The van der Waals surface area contributed by atoms with Crippen LogP contribution in [0.1, 0.15) is 6.92 Å². The molecule has 0 aromatic rings. The molecule has 0 radical (unpaired) electrons. The van der Waals surface area contributed by atoms with E-state index in [1.165, 1.54) is 6.92 Å². The smallest absolute Gasteiger partial charge is 0.116 e. The van der Waals surface area contributed by atoms with Crippen LogP contribution in [0, 0.1) is 0 Å². The van der Waals surface area contributed by atoms with Crippen LogP contribution in [0.3, 0.4) is 0 Å². The molecular weight excluding hydrogens is 136 g/mol. The van der Waals surface area contributed by atoms with Crippen molar-refractivity contribution in [1.82, 2.24) is 0 Å². The average Bonchev–Trinajstić information content (AvgIpc) is 0.918. The van der Waals surface area contributed by atoms with Crippen LogP contribution in [0.15, 0.2) is 0 Å². The summed E-state index contributed by atoms with van der Waals surface area (Å²) in [6.07, 6.45) is 0.750. The van der Waals surface area contributed by atoms with Crippen LogP contribution < -0.4 is 0 Å². The summed E-state index contributed by atoms with van der Waals surface area (Å²) in [4.78, 5) is 8.81.